The predicted octanol–water partition coefficient (Wildman–Crippen LogP) is 2.78. The van der Waals surface area contributed by atoms with Crippen LogP contribution in [0.25, 0.3) is 0 Å². The summed E-state index contributed by atoms with van der Waals surface area (Å²) in [4.78, 5) is 4.16. The van der Waals surface area contributed by atoms with Crippen LogP contribution in [0.3, 0.4) is 0 Å². The average Bonchev–Trinajstić information content (AvgIpc) is 2.26. The smallest absolute Gasteiger partial charge is 0.0361 e. The van der Waals surface area contributed by atoms with E-state index in [1.165, 1.54) is 12.0 Å². The summed E-state index contributed by atoms with van der Waals surface area (Å²) >= 11 is 0. The van der Waals surface area contributed by atoms with Crippen molar-refractivity contribution < 1.29 is 0 Å². The molecule has 78 valence electrons. The number of aromatic nitrogens is 1. The molecule has 0 saturated heterocycles. The molecule has 2 atom stereocenters. The van der Waals surface area contributed by atoms with Crippen LogP contribution in [0.2, 0.25) is 0 Å². The second-order valence-electron chi connectivity index (χ2n) is 3.71. The van der Waals surface area contributed by atoms with Crippen LogP contribution in [0, 0.1) is 5.92 Å². The van der Waals surface area contributed by atoms with Gasteiger partial charge in [-0.1, -0.05) is 33.3 Å². The molecule has 0 amide bonds. The van der Waals surface area contributed by atoms with Gasteiger partial charge in [0.15, 0.2) is 0 Å². The van der Waals surface area contributed by atoms with Gasteiger partial charge in [-0.25, -0.2) is 0 Å². The Morgan fingerprint density at radius 2 is 2.21 bits per heavy atom. The van der Waals surface area contributed by atoms with Gasteiger partial charge in [-0.3, -0.25) is 4.98 Å². The first kappa shape index (κ1) is 11.2. The monoisotopic (exact) mass is 192 g/mol. The largest absolute Gasteiger partial charge is 0.310 e. The Morgan fingerprint density at radius 3 is 2.71 bits per heavy atom. The Kier molecular flexibility index (Phi) is 4.60. The fourth-order valence-corrected chi connectivity index (χ4v) is 1.66. The lowest BCUT2D eigenvalue weighted by Crippen LogP contribution is -2.26. The summed E-state index contributed by atoms with van der Waals surface area (Å²) < 4.78 is 0. The number of hydrogen-bond donors (Lipinski definition) is 1. The third-order valence-corrected chi connectivity index (χ3v) is 2.68. The molecule has 0 radical (unpaired) electrons. The van der Waals surface area contributed by atoms with Crippen LogP contribution in [-0.2, 0) is 0 Å². The average molecular weight is 192 g/mol. The maximum absolute atomic E-state index is 4.16. The minimum Gasteiger partial charge on any atom is -0.310 e. The topological polar surface area (TPSA) is 24.9 Å². The molecule has 0 saturated carbocycles. The summed E-state index contributed by atoms with van der Waals surface area (Å²) in [5.74, 6) is 0.652. The molecule has 0 aliphatic heterocycles. The van der Waals surface area contributed by atoms with E-state index in [9.17, 15) is 0 Å². The van der Waals surface area contributed by atoms with Gasteiger partial charge in [-0.05, 0) is 24.1 Å². The number of pyridine rings is 1. The molecule has 1 N–H and O–H groups in total. The van der Waals surface area contributed by atoms with Gasteiger partial charge in [0.2, 0.25) is 0 Å². The molecule has 2 unspecified atom stereocenters. The van der Waals surface area contributed by atoms with Gasteiger partial charge in [0, 0.05) is 18.4 Å². The molecule has 0 fully saturated rings. The van der Waals surface area contributed by atoms with E-state index >= 15 is 0 Å². The Bertz CT molecular complexity index is 246. The van der Waals surface area contributed by atoms with Gasteiger partial charge >= 0.3 is 0 Å². The van der Waals surface area contributed by atoms with E-state index in [4.69, 9.17) is 0 Å². The van der Waals surface area contributed by atoms with E-state index in [0.717, 1.165) is 6.54 Å². The molecule has 0 aliphatic carbocycles. The maximum Gasteiger partial charge on any atom is 0.0361 e. The van der Waals surface area contributed by atoms with Crippen LogP contribution in [0.15, 0.2) is 24.5 Å². The standard InChI is InChI=1S/C12H20N2/c1-4-10(3)12(14-5-2)11-7-6-8-13-9-11/h6-10,12,14H,4-5H2,1-3H3. The Balaban J connectivity index is 2.77. The minimum atomic E-state index is 0.443. The van der Waals surface area contributed by atoms with Crippen molar-refractivity contribution in [2.24, 2.45) is 5.92 Å². The SMILES string of the molecule is CCNC(c1cccnc1)C(C)CC. The lowest BCUT2D eigenvalue weighted by molar-refractivity contribution is 0.383. The van der Waals surface area contributed by atoms with Gasteiger partial charge in [0.1, 0.15) is 0 Å². The summed E-state index contributed by atoms with van der Waals surface area (Å²) in [7, 11) is 0. The zero-order valence-corrected chi connectivity index (χ0v) is 9.33. The van der Waals surface area contributed by atoms with Gasteiger partial charge in [-0.2, -0.15) is 0 Å². The van der Waals surface area contributed by atoms with Crippen LogP contribution >= 0.6 is 0 Å². The summed E-state index contributed by atoms with van der Waals surface area (Å²) in [5, 5.41) is 3.51. The molecule has 1 rings (SSSR count). The van der Waals surface area contributed by atoms with E-state index in [1.54, 1.807) is 0 Å². The quantitative estimate of drug-likeness (QED) is 0.776. The van der Waals surface area contributed by atoms with E-state index in [0.29, 0.717) is 12.0 Å². The van der Waals surface area contributed by atoms with E-state index in [1.807, 2.05) is 18.5 Å². The lowest BCUT2D eigenvalue weighted by atomic mass is 9.93. The fraction of sp³-hybridized carbons (Fsp3) is 0.583. The van der Waals surface area contributed by atoms with Gasteiger partial charge < -0.3 is 5.32 Å². The fourth-order valence-electron chi connectivity index (χ4n) is 1.66. The van der Waals surface area contributed by atoms with Crippen LogP contribution in [-0.4, -0.2) is 11.5 Å². The first-order chi connectivity index (χ1) is 6.79. The highest BCUT2D eigenvalue weighted by atomic mass is 14.9. The summed E-state index contributed by atoms with van der Waals surface area (Å²) in [6, 6.07) is 4.59. The van der Waals surface area contributed by atoms with Crippen molar-refractivity contribution in [3.8, 4) is 0 Å². The Hall–Kier alpha value is -0.890. The van der Waals surface area contributed by atoms with Crippen molar-refractivity contribution in [1.29, 1.82) is 0 Å². The summed E-state index contributed by atoms with van der Waals surface area (Å²) in [5.41, 5.74) is 1.30. The van der Waals surface area contributed by atoms with Crippen molar-refractivity contribution in [1.82, 2.24) is 10.3 Å². The minimum absolute atomic E-state index is 0.443. The lowest BCUT2D eigenvalue weighted by Gasteiger charge is -2.23. The van der Waals surface area contributed by atoms with Crippen LogP contribution in [0.4, 0.5) is 0 Å². The van der Waals surface area contributed by atoms with Crippen molar-refractivity contribution in [2.45, 2.75) is 33.2 Å². The molecular weight excluding hydrogens is 172 g/mol. The molecule has 1 heterocycles. The number of hydrogen-bond acceptors (Lipinski definition) is 2. The Labute approximate surface area is 86.8 Å². The first-order valence-electron chi connectivity index (χ1n) is 5.42. The molecule has 14 heavy (non-hydrogen) atoms. The normalized spacial score (nSPS) is 15.1. The van der Waals surface area contributed by atoms with Gasteiger partial charge in [0.05, 0.1) is 0 Å². The summed E-state index contributed by atoms with van der Waals surface area (Å²) in [6.45, 7) is 7.65. The Morgan fingerprint density at radius 1 is 1.43 bits per heavy atom. The second-order valence-corrected chi connectivity index (χ2v) is 3.71. The van der Waals surface area contributed by atoms with Gasteiger partial charge in [0.25, 0.3) is 0 Å². The van der Waals surface area contributed by atoms with E-state index in [-0.39, 0.29) is 0 Å². The first-order valence-corrected chi connectivity index (χ1v) is 5.42. The van der Waals surface area contributed by atoms with Gasteiger partial charge in [-0.15, -0.1) is 0 Å². The molecule has 0 aromatic carbocycles. The second kappa shape index (κ2) is 5.76. The molecule has 2 nitrogen and oxygen atoms in total. The van der Waals surface area contributed by atoms with E-state index < -0.39 is 0 Å². The number of nitrogens with one attached hydrogen (secondary N) is 1. The highest BCUT2D eigenvalue weighted by molar-refractivity contribution is 5.14. The molecule has 0 aliphatic rings. The van der Waals surface area contributed by atoms with Crippen molar-refractivity contribution >= 4 is 0 Å². The molecule has 1 aromatic heterocycles. The highest BCUT2D eigenvalue weighted by Crippen LogP contribution is 2.23. The van der Waals surface area contributed by atoms with Crippen molar-refractivity contribution in [2.75, 3.05) is 6.54 Å². The molecule has 0 bridgehead atoms. The third kappa shape index (κ3) is 2.81. The van der Waals surface area contributed by atoms with Crippen LogP contribution in [0.5, 0.6) is 0 Å². The highest BCUT2D eigenvalue weighted by Gasteiger charge is 2.16. The van der Waals surface area contributed by atoms with Crippen molar-refractivity contribution in [3.63, 3.8) is 0 Å². The maximum atomic E-state index is 4.16. The van der Waals surface area contributed by atoms with E-state index in [2.05, 4.69) is 37.1 Å². The van der Waals surface area contributed by atoms with Crippen LogP contribution in [0.1, 0.15) is 38.8 Å². The zero-order valence-electron chi connectivity index (χ0n) is 9.33. The zero-order chi connectivity index (χ0) is 10.4. The third-order valence-electron chi connectivity index (χ3n) is 2.68. The molecule has 0 spiro atoms. The summed E-state index contributed by atoms with van der Waals surface area (Å²) in [6.07, 6.45) is 4.97. The van der Waals surface area contributed by atoms with Crippen LogP contribution < -0.4 is 5.32 Å². The molecular formula is C12H20N2. The molecule has 2 heteroatoms. The van der Waals surface area contributed by atoms with Crippen molar-refractivity contribution in [3.05, 3.63) is 30.1 Å². The number of rotatable bonds is 5. The molecule has 1 aromatic rings. The predicted molar refractivity (Wildman–Crippen MR) is 60.1 cm³/mol. The number of nitrogens with zero attached hydrogens (tertiary/aromatic N) is 1.